The number of hydrogen-bond donors (Lipinski definition) is 4. The average Bonchev–Trinajstić information content (AvgIpc) is 3.39. The molecule has 0 bridgehead atoms. The van der Waals surface area contributed by atoms with Crippen LogP contribution in [0.5, 0.6) is 0 Å². The van der Waals surface area contributed by atoms with Crippen molar-refractivity contribution in [2.45, 2.75) is 37.1 Å². The highest BCUT2D eigenvalue weighted by Gasteiger charge is 2.35. The van der Waals surface area contributed by atoms with Crippen molar-refractivity contribution in [2.75, 3.05) is 39.8 Å². The number of ether oxygens (including phenoxy) is 1. The van der Waals surface area contributed by atoms with Crippen molar-refractivity contribution in [1.82, 2.24) is 26.5 Å². The van der Waals surface area contributed by atoms with E-state index in [-0.39, 0.29) is 23.9 Å². The van der Waals surface area contributed by atoms with Gasteiger partial charge in [0.1, 0.15) is 18.0 Å². The lowest BCUT2D eigenvalue weighted by atomic mass is 9.95. The number of piperidine rings is 1. The predicted molar refractivity (Wildman–Crippen MR) is 105 cm³/mol. The minimum atomic E-state index is -0.492. The molecule has 1 aromatic carbocycles. The molecular weight excluding hydrogens is 377 g/mol. The van der Waals surface area contributed by atoms with Gasteiger partial charge in [-0.3, -0.25) is 15.1 Å². The Hall–Kier alpha value is -1.62. The molecule has 0 saturated carbocycles. The lowest BCUT2D eigenvalue weighted by Crippen LogP contribution is -2.49. The molecule has 4 N–H and O–H groups in total. The summed E-state index contributed by atoms with van der Waals surface area (Å²) in [5, 5.41) is 8.66. The van der Waals surface area contributed by atoms with Gasteiger partial charge in [-0.1, -0.05) is 18.2 Å². The van der Waals surface area contributed by atoms with Gasteiger partial charge in [-0.2, -0.15) is 5.48 Å². The van der Waals surface area contributed by atoms with E-state index >= 15 is 0 Å². The molecule has 3 aliphatic rings. The number of hydrogen-bond acceptors (Lipinski definition) is 7. The van der Waals surface area contributed by atoms with Gasteiger partial charge in [-0.05, 0) is 19.0 Å². The Morgan fingerprint density at radius 1 is 1.38 bits per heavy atom. The van der Waals surface area contributed by atoms with Gasteiger partial charge in [0.2, 0.25) is 5.91 Å². The van der Waals surface area contributed by atoms with Crippen LogP contribution in [0, 0.1) is 11.7 Å². The van der Waals surface area contributed by atoms with E-state index in [1.807, 2.05) is 0 Å². The minimum Gasteiger partial charge on any atom is -0.381 e. The SMILES string of the molecule is COC1CCNCC1CN1CC(NC(=O)C2CC(c3ccccc3F)ON2)CN1. The zero-order chi connectivity index (χ0) is 20.2. The van der Waals surface area contributed by atoms with Crippen molar-refractivity contribution in [3.8, 4) is 0 Å². The number of carbonyl (C=O) groups is 1. The molecule has 3 aliphatic heterocycles. The first kappa shape index (κ1) is 20.6. The van der Waals surface area contributed by atoms with E-state index in [2.05, 4.69) is 26.5 Å². The fourth-order valence-electron chi connectivity index (χ4n) is 4.41. The number of hydrazine groups is 1. The first-order chi connectivity index (χ1) is 14.1. The number of hydroxylamine groups is 1. The van der Waals surface area contributed by atoms with Gasteiger partial charge in [0.15, 0.2) is 0 Å². The molecule has 29 heavy (non-hydrogen) atoms. The topological polar surface area (TPSA) is 86.9 Å². The number of amides is 1. The summed E-state index contributed by atoms with van der Waals surface area (Å²) in [6.07, 6.45) is 1.22. The van der Waals surface area contributed by atoms with E-state index in [4.69, 9.17) is 9.57 Å². The van der Waals surface area contributed by atoms with Crippen LogP contribution in [0.15, 0.2) is 24.3 Å². The van der Waals surface area contributed by atoms with E-state index in [1.54, 1.807) is 25.3 Å². The standard InChI is InChI=1S/C20H30FN5O3/c1-28-18-6-7-22-9-13(18)11-26-12-14(10-23-26)24-20(27)17-8-19(29-25-17)15-4-2-3-5-16(15)21/h2-5,13-14,17-19,22-23,25H,6-12H2,1H3,(H,24,27). The molecule has 1 aromatic rings. The van der Waals surface area contributed by atoms with Crippen LogP contribution in [0.4, 0.5) is 4.39 Å². The second kappa shape index (κ2) is 9.46. The second-order valence-corrected chi connectivity index (χ2v) is 8.03. The van der Waals surface area contributed by atoms with Crippen molar-refractivity contribution in [2.24, 2.45) is 5.92 Å². The van der Waals surface area contributed by atoms with Crippen LogP contribution in [0.25, 0.3) is 0 Å². The van der Waals surface area contributed by atoms with Crippen molar-refractivity contribution < 1.29 is 18.8 Å². The fraction of sp³-hybridized carbons (Fsp3) is 0.650. The summed E-state index contributed by atoms with van der Waals surface area (Å²) in [6.45, 7) is 4.23. The molecule has 0 radical (unpaired) electrons. The molecule has 0 aliphatic carbocycles. The van der Waals surface area contributed by atoms with Crippen LogP contribution < -0.4 is 21.5 Å². The highest BCUT2D eigenvalue weighted by atomic mass is 19.1. The predicted octanol–water partition coefficient (Wildman–Crippen LogP) is 0.0898. The van der Waals surface area contributed by atoms with Gasteiger partial charge in [0, 0.05) is 51.2 Å². The monoisotopic (exact) mass is 407 g/mol. The third kappa shape index (κ3) is 4.93. The normalized spacial score (nSPS) is 33.1. The summed E-state index contributed by atoms with van der Waals surface area (Å²) in [4.78, 5) is 18.1. The summed E-state index contributed by atoms with van der Waals surface area (Å²) in [7, 11) is 1.77. The van der Waals surface area contributed by atoms with Crippen LogP contribution in [-0.4, -0.2) is 68.9 Å². The molecule has 0 spiro atoms. The van der Waals surface area contributed by atoms with Crippen molar-refractivity contribution in [3.63, 3.8) is 0 Å². The zero-order valence-electron chi connectivity index (χ0n) is 16.7. The third-order valence-corrected chi connectivity index (χ3v) is 6.01. The Balaban J connectivity index is 1.24. The number of halogens is 1. The Labute approximate surface area is 170 Å². The largest absolute Gasteiger partial charge is 0.381 e. The second-order valence-electron chi connectivity index (χ2n) is 8.03. The van der Waals surface area contributed by atoms with Gasteiger partial charge in [-0.25, -0.2) is 9.40 Å². The maximum atomic E-state index is 14.0. The Morgan fingerprint density at radius 2 is 2.24 bits per heavy atom. The smallest absolute Gasteiger partial charge is 0.239 e. The molecule has 4 rings (SSSR count). The molecule has 3 saturated heterocycles. The van der Waals surface area contributed by atoms with E-state index in [9.17, 15) is 9.18 Å². The van der Waals surface area contributed by atoms with E-state index in [0.717, 1.165) is 32.6 Å². The number of nitrogens with zero attached hydrogens (tertiary/aromatic N) is 1. The lowest BCUT2D eigenvalue weighted by Gasteiger charge is -2.33. The van der Waals surface area contributed by atoms with Crippen molar-refractivity contribution in [1.29, 1.82) is 0 Å². The molecule has 3 heterocycles. The summed E-state index contributed by atoms with van der Waals surface area (Å²) >= 11 is 0. The van der Waals surface area contributed by atoms with Crippen LogP contribution in [-0.2, 0) is 14.4 Å². The molecular formula is C20H30FN5O3. The molecule has 5 unspecified atom stereocenters. The van der Waals surface area contributed by atoms with Gasteiger partial charge in [0.25, 0.3) is 0 Å². The van der Waals surface area contributed by atoms with Gasteiger partial charge in [0.05, 0.1) is 12.1 Å². The number of carbonyl (C=O) groups excluding carboxylic acids is 1. The molecule has 5 atom stereocenters. The van der Waals surface area contributed by atoms with Crippen LogP contribution in [0.2, 0.25) is 0 Å². The third-order valence-electron chi connectivity index (χ3n) is 6.01. The molecule has 1 amide bonds. The summed E-state index contributed by atoms with van der Waals surface area (Å²) < 4.78 is 19.6. The lowest BCUT2D eigenvalue weighted by molar-refractivity contribution is -0.124. The van der Waals surface area contributed by atoms with Crippen LogP contribution in [0.3, 0.4) is 0 Å². The van der Waals surface area contributed by atoms with Crippen LogP contribution >= 0.6 is 0 Å². The zero-order valence-corrected chi connectivity index (χ0v) is 16.7. The highest BCUT2D eigenvalue weighted by molar-refractivity contribution is 5.82. The van der Waals surface area contributed by atoms with E-state index in [0.29, 0.717) is 24.4 Å². The maximum absolute atomic E-state index is 14.0. The van der Waals surface area contributed by atoms with Gasteiger partial charge in [-0.15, -0.1) is 0 Å². The quantitative estimate of drug-likeness (QED) is 0.532. The fourth-order valence-corrected chi connectivity index (χ4v) is 4.41. The summed E-state index contributed by atoms with van der Waals surface area (Å²) in [5.74, 6) is -0.0173. The summed E-state index contributed by atoms with van der Waals surface area (Å²) in [6, 6.07) is 6.03. The number of nitrogens with one attached hydrogen (secondary N) is 4. The Morgan fingerprint density at radius 3 is 3.07 bits per heavy atom. The minimum absolute atomic E-state index is 0.0226. The van der Waals surface area contributed by atoms with Gasteiger partial charge >= 0.3 is 0 Å². The molecule has 0 aromatic heterocycles. The average molecular weight is 407 g/mol. The number of benzene rings is 1. The maximum Gasteiger partial charge on any atom is 0.239 e. The van der Waals surface area contributed by atoms with Crippen LogP contribution in [0.1, 0.15) is 24.5 Å². The summed E-state index contributed by atoms with van der Waals surface area (Å²) in [5.41, 5.74) is 6.60. The Kier molecular flexibility index (Phi) is 6.74. The Bertz CT molecular complexity index is 708. The molecule has 9 heteroatoms. The molecule has 160 valence electrons. The van der Waals surface area contributed by atoms with E-state index < -0.39 is 12.1 Å². The highest BCUT2D eigenvalue weighted by Crippen LogP contribution is 2.29. The van der Waals surface area contributed by atoms with Crippen molar-refractivity contribution >= 4 is 5.91 Å². The first-order valence-electron chi connectivity index (χ1n) is 10.3. The molecule has 8 nitrogen and oxygen atoms in total. The van der Waals surface area contributed by atoms with E-state index in [1.165, 1.54) is 6.07 Å². The first-order valence-corrected chi connectivity index (χ1v) is 10.3. The van der Waals surface area contributed by atoms with Gasteiger partial charge < -0.3 is 15.4 Å². The number of rotatable bonds is 6. The van der Waals surface area contributed by atoms with Crippen molar-refractivity contribution in [3.05, 3.63) is 35.6 Å². The molecule has 3 fully saturated rings. The number of methoxy groups -OCH3 is 1.